The molecule has 4 aromatic rings. The number of pyridine rings is 1. The number of benzene rings is 1. The molecule has 32 heavy (non-hydrogen) atoms. The molecule has 0 saturated carbocycles. The van der Waals surface area contributed by atoms with Crippen LogP contribution in [0.5, 0.6) is 0 Å². The number of amides is 2. The van der Waals surface area contributed by atoms with E-state index in [-0.39, 0.29) is 5.91 Å². The lowest BCUT2D eigenvalue weighted by atomic mass is 9.88. The summed E-state index contributed by atoms with van der Waals surface area (Å²) in [6.45, 7) is 5.94. The molecule has 0 aliphatic heterocycles. The summed E-state index contributed by atoms with van der Waals surface area (Å²) in [5.41, 5.74) is 19.0. The van der Waals surface area contributed by atoms with Crippen LogP contribution >= 0.6 is 22.7 Å². The molecule has 0 radical (unpaired) electrons. The smallest absolute Gasteiger partial charge is 0.268 e. The summed E-state index contributed by atoms with van der Waals surface area (Å²) in [6.07, 6.45) is 1.70. The Labute approximate surface area is 193 Å². The highest BCUT2D eigenvalue weighted by Crippen LogP contribution is 2.45. The molecular weight excluding hydrogens is 440 g/mol. The van der Waals surface area contributed by atoms with E-state index in [1.807, 2.05) is 39.0 Å². The SMILES string of the molecule is Cc1nc2sc(C(=O)Nc3sc4c(c3C(N)=O)-c3ccccc3CC4)c(N)c2c(C)c1C. The van der Waals surface area contributed by atoms with Crippen molar-refractivity contribution < 1.29 is 9.59 Å². The van der Waals surface area contributed by atoms with Gasteiger partial charge in [0, 0.05) is 21.5 Å². The van der Waals surface area contributed by atoms with Crippen molar-refractivity contribution in [3.05, 3.63) is 62.0 Å². The average Bonchev–Trinajstić information content (AvgIpc) is 3.29. The Morgan fingerprint density at radius 2 is 1.81 bits per heavy atom. The first-order valence-electron chi connectivity index (χ1n) is 10.3. The van der Waals surface area contributed by atoms with Crippen LogP contribution in [0.2, 0.25) is 0 Å². The molecule has 0 unspecified atom stereocenters. The first kappa shape index (κ1) is 20.7. The first-order valence-corrected chi connectivity index (χ1v) is 11.9. The molecule has 2 amide bonds. The van der Waals surface area contributed by atoms with E-state index in [9.17, 15) is 9.59 Å². The van der Waals surface area contributed by atoms with Crippen LogP contribution in [-0.2, 0) is 12.8 Å². The van der Waals surface area contributed by atoms with E-state index < -0.39 is 5.91 Å². The third-order valence-corrected chi connectivity index (χ3v) is 8.51. The van der Waals surface area contributed by atoms with Crippen LogP contribution < -0.4 is 16.8 Å². The van der Waals surface area contributed by atoms with Gasteiger partial charge in [0.05, 0.1) is 11.3 Å². The lowest BCUT2D eigenvalue weighted by molar-refractivity contribution is 0.100. The lowest BCUT2D eigenvalue weighted by Gasteiger charge is -2.16. The predicted molar refractivity (Wildman–Crippen MR) is 132 cm³/mol. The van der Waals surface area contributed by atoms with Crippen LogP contribution in [-0.4, -0.2) is 16.8 Å². The minimum absolute atomic E-state index is 0.352. The highest BCUT2D eigenvalue weighted by molar-refractivity contribution is 7.21. The Morgan fingerprint density at radius 1 is 1.06 bits per heavy atom. The highest BCUT2D eigenvalue weighted by Gasteiger charge is 2.29. The minimum atomic E-state index is -0.553. The van der Waals surface area contributed by atoms with Gasteiger partial charge in [-0.25, -0.2) is 4.98 Å². The Morgan fingerprint density at radius 3 is 2.56 bits per heavy atom. The third-order valence-electron chi connectivity index (χ3n) is 6.24. The van der Waals surface area contributed by atoms with E-state index in [2.05, 4.69) is 16.4 Å². The number of thiophene rings is 2. The maximum absolute atomic E-state index is 13.3. The van der Waals surface area contributed by atoms with Crippen LogP contribution in [0, 0.1) is 20.8 Å². The molecule has 0 atom stereocenters. The van der Waals surface area contributed by atoms with Gasteiger partial charge < -0.3 is 16.8 Å². The first-order chi connectivity index (χ1) is 15.3. The quantitative estimate of drug-likeness (QED) is 0.398. The predicted octanol–water partition coefficient (Wildman–Crippen LogP) is 4.98. The maximum Gasteiger partial charge on any atom is 0.268 e. The average molecular weight is 463 g/mol. The van der Waals surface area contributed by atoms with Crippen molar-refractivity contribution in [1.82, 2.24) is 4.98 Å². The maximum atomic E-state index is 13.3. The number of nitrogen functional groups attached to an aromatic ring is 1. The number of rotatable bonds is 3. The van der Waals surface area contributed by atoms with E-state index in [4.69, 9.17) is 11.5 Å². The number of aromatic nitrogens is 1. The normalized spacial score (nSPS) is 12.5. The molecule has 3 heterocycles. The summed E-state index contributed by atoms with van der Waals surface area (Å²) >= 11 is 2.68. The number of nitrogens with zero attached hydrogens (tertiary/aromatic N) is 1. The van der Waals surface area contributed by atoms with Gasteiger partial charge >= 0.3 is 0 Å². The van der Waals surface area contributed by atoms with Crippen LogP contribution in [0.1, 0.15) is 47.3 Å². The molecule has 0 fully saturated rings. The lowest BCUT2D eigenvalue weighted by Crippen LogP contribution is -2.18. The van der Waals surface area contributed by atoms with Crippen LogP contribution in [0.3, 0.4) is 0 Å². The fraction of sp³-hybridized carbons (Fsp3) is 0.208. The number of carbonyl (C=O) groups excluding carboxylic acids is 2. The van der Waals surface area contributed by atoms with E-state index in [1.54, 1.807) is 0 Å². The molecule has 162 valence electrons. The number of carbonyl (C=O) groups is 2. The minimum Gasteiger partial charge on any atom is -0.397 e. The summed E-state index contributed by atoms with van der Waals surface area (Å²) in [6, 6.07) is 8.01. The van der Waals surface area contributed by atoms with Gasteiger partial charge in [-0.3, -0.25) is 9.59 Å². The largest absolute Gasteiger partial charge is 0.397 e. The number of nitrogens with two attached hydrogens (primary N) is 2. The number of primary amides is 1. The third kappa shape index (κ3) is 3.02. The zero-order valence-electron chi connectivity index (χ0n) is 18.0. The molecule has 6 nitrogen and oxygen atoms in total. The van der Waals surface area contributed by atoms with E-state index in [0.717, 1.165) is 55.9 Å². The van der Waals surface area contributed by atoms with Crippen molar-refractivity contribution in [3.8, 4) is 11.1 Å². The number of aryl methyl sites for hydroxylation is 4. The molecule has 0 spiro atoms. The molecule has 1 aliphatic carbocycles. The Balaban J connectivity index is 1.60. The number of fused-ring (bicyclic) bond motifs is 4. The van der Waals surface area contributed by atoms with Gasteiger partial charge in [-0.1, -0.05) is 24.3 Å². The van der Waals surface area contributed by atoms with E-state index in [0.29, 0.717) is 21.1 Å². The van der Waals surface area contributed by atoms with Gasteiger partial charge in [-0.05, 0) is 55.9 Å². The summed E-state index contributed by atoms with van der Waals surface area (Å²) in [4.78, 5) is 32.5. The van der Waals surface area contributed by atoms with E-state index in [1.165, 1.54) is 28.2 Å². The second kappa shape index (κ2) is 7.43. The number of hydrogen-bond donors (Lipinski definition) is 3. The van der Waals surface area contributed by atoms with Crippen LogP contribution in [0.4, 0.5) is 10.7 Å². The van der Waals surface area contributed by atoms with Gasteiger partial charge in [0.25, 0.3) is 11.8 Å². The number of nitrogens with one attached hydrogen (secondary N) is 1. The summed E-state index contributed by atoms with van der Waals surface area (Å²) in [5.74, 6) is -0.905. The summed E-state index contributed by atoms with van der Waals surface area (Å²) in [7, 11) is 0. The second-order valence-corrected chi connectivity index (χ2v) is 10.2. The molecule has 0 saturated heterocycles. The molecule has 0 bridgehead atoms. The van der Waals surface area contributed by atoms with Crippen LogP contribution in [0.15, 0.2) is 24.3 Å². The van der Waals surface area contributed by atoms with Gasteiger partial charge in [-0.2, -0.15) is 0 Å². The number of hydrogen-bond acceptors (Lipinski definition) is 6. The van der Waals surface area contributed by atoms with Crippen molar-refractivity contribution in [3.63, 3.8) is 0 Å². The van der Waals surface area contributed by atoms with Crippen molar-refractivity contribution in [2.75, 3.05) is 11.1 Å². The molecule has 3 aromatic heterocycles. The fourth-order valence-corrected chi connectivity index (χ4v) is 6.70. The van der Waals surface area contributed by atoms with E-state index >= 15 is 0 Å². The molecular formula is C24H22N4O2S2. The van der Waals surface area contributed by atoms with Gasteiger partial charge in [0.1, 0.15) is 14.7 Å². The standard InChI is InChI=1S/C24H22N4O2S2/c1-10-11(2)16-19(25)20(32-23(16)27-12(10)3)22(30)28-24-18(21(26)29)17-14-7-5-4-6-13(14)8-9-15(17)31-24/h4-7H,8-9,25H2,1-3H3,(H2,26,29)(H,28,30). The monoisotopic (exact) mass is 462 g/mol. The zero-order valence-corrected chi connectivity index (χ0v) is 19.6. The topological polar surface area (TPSA) is 111 Å². The van der Waals surface area contributed by atoms with Crippen molar-refractivity contribution in [2.45, 2.75) is 33.6 Å². The molecule has 5 rings (SSSR count). The molecule has 5 N–H and O–H groups in total. The molecule has 1 aromatic carbocycles. The summed E-state index contributed by atoms with van der Waals surface area (Å²) in [5, 5.41) is 4.22. The van der Waals surface area contributed by atoms with Gasteiger partial charge in [0.2, 0.25) is 0 Å². The number of anilines is 2. The second-order valence-electron chi connectivity index (χ2n) is 8.05. The Bertz CT molecular complexity index is 1450. The summed E-state index contributed by atoms with van der Waals surface area (Å²) < 4.78 is 0. The highest BCUT2D eigenvalue weighted by atomic mass is 32.1. The van der Waals surface area contributed by atoms with Crippen molar-refractivity contribution in [2.24, 2.45) is 5.73 Å². The zero-order chi connectivity index (χ0) is 22.7. The van der Waals surface area contributed by atoms with Gasteiger partial charge in [-0.15, -0.1) is 22.7 Å². The Hall–Kier alpha value is -3.23. The Kier molecular flexibility index (Phi) is 4.79. The van der Waals surface area contributed by atoms with Crippen molar-refractivity contribution >= 4 is 55.4 Å². The fourth-order valence-electron chi connectivity index (χ4n) is 4.39. The van der Waals surface area contributed by atoms with Gasteiger partial charge in [0.15, 0.2) is 0 Å². The van der Waals surface area contributed by atoms with Crippen molar-refractivity contribution in [1.29, 1.82) is 0 Å². The van der Waals surface area contributed by atoms with Crippen LogP contribution in [0.25, 0.3) is 21.3 Å². The molecule has 1 aliphatic rings. The molecule has 8 heteroatoms.